The van der Waals surface area contributed by atoms with Crippen LogP contribution in [0.15, 0.2) is 36.5 Å². The number of nitrogens with one attached hydrogen (secondary N) is 1. The zero-order valence-electron chi connectivity index (χ0n) is 16.3. The molecule has 1 fully saturated rings. The minimum absolute atomic E-state index is 0.174. The van der Waals surface area contributed by atoms with Gasteiger partial charge < -0.3 is 15.2 Å². The Morgan fingerprint density at radius 2 is 1.97 bits per heavy atom. The molecule has 0 radical (unpaired) electrons. The number of nitro groups is 1. The maximum absolute atomic E-state index is 12.3. The molecule has 1 saturated carbocycles. The molecule has 1 aliphatic rings. The Hall–Kier alpha value is -2.71. The van der Waals surface area contributed by atoms with E-state index in [1.165, 1.54) is 6.07 Å². The van der Waals surface area contributed by atoms with Crippen LogP contribution in [-0.2, 0) is 10.3 Å². The number of amides is 1. The van der Waals surface area contributed by atoms with Gasteiger partial charge in [0.2, 0.25) is 0 Å². The maximum atomic E-state index is 12.3. The van der Waals surface area contributed by atoms with E-state index in [1.807, 2.05) is 12.1 Å². The minimum atomic E-state index is -0.715. The van der Waals surface area contributed by atoms with Gasteiger partial charge in [-0.1, -0.05) is 35.9 Å². The molecule has 9 heteroatoms. The number of nitrogens with zero attached hydrogens (tertiary/aromatic N) is 2. The summed E-state index contributed by atoms with van der Waals surface area (Å²) in [5.74, 6) is 0. The molecule has 3 rings (SSSR count). The summed E-state index contributed by atoms with van der Waals surface area (Å²) >= 11 is 6.15. The van der Waals surface area contributed by atoms with Gasteiger partial charge in [0.05, 0.1) is 27.3 Å². The fraction of sp³-hybridized carbons (Fsp3) is 0.400. The fourth-order valence-corrected chi connectivity index (χ4v) is 3.61. The number of rotatable bonds is 4. The second kappa shape index (κ2) is 7.61. The summed E-state index contributed by atoms with van der Waals surface area (Å²) in [6.07, 6.45) is 0.858. The Balaban J connectivity index is 1.84. The molecular formula is C20H22ClN3O5. The van der Waals surface area contributed by atoms with E-state index in [4.69, 9.17) is 16.3 Å². The number of pyridine rings is 1. The zero-order valence-corrected chi connectivity index (χ0v) is 17.1. The van der Waals surface area contributed by atoms with Crippen molar-refractivity contribution in [3.63, 3.8) is 0 Å². The second-order valence-corrected chi connectivity index (χ2v) is 8.54. The van der Waals surface area contributed by atoms with Gasteiger partial charge in [0.15, 0.2) is 0 Å². The van der Waals surface area contributed by atoms with Crippen molar-refractivity contribution in [2.75, 3.05) is 0 Å². The summed E-state index contributed by atoms with van der Waals surface area (Å²) in [5.41, 5.74) is 0.394. The number of alkyl carbamates (subject to hydrolysis) is 1. The molecule has 29 heavy (non-hydrogen) atoms. The highest BCUT2D eigenvalue weighted by Gasteiger charge is 2.46. The summed E-state index contributed by atoms with van der Waals surface area (Å²) in [7, 11) is 0. The minimum Gasteiger partial charge on any atom is -0.444 e. The molecule has 2 N–H and O–H groups in total. The summed E-state index contributed by atoms with van der Waals surface area (Å²) in [6, 6.07) is 8.44. The van der Waals surface area contributed by atoms with Crippen LogP contribution < -0.4 is 5.32 Å². The number of aliphatic hydroxyl groups excluding tert-OH is 1. The molecule has 154 valence electrons. The van der Waals surface area contributed by atoms with Crippen molar-refractivity contribution in [2.45, 2.75) is 50.9 Å². The highest BCUT2D eigenvalue weighted by molar-refractivity contribution is 6.33. The van der Waals surface area contributed by atoms with Gasteiger partial charge in [-0.3, -0.25) is 10.1 Å². The average Bonchev–Trinajstić information content (AvgIpc) is 2.58. The fourth-order valence-electron chi connectivity index (χ4n) is 3.34. The second-order valence-electron chi connectivity index (χ2n) is 8.13. The van der Waals surface area contributed by atoms with Crippen molar-refractivity contribution in [1.29, 1.82) is 0 Å². The van der Waals surface area contributed by atoms with E-state index < -0.39 is 28.3 Å². The van der Waals surface area contributed by atoms with Crippen LogP contribution >= 0.6 is 11.6 Å². The zero-order chi connectivity index (χ0) is 21.4. The maximum Gasteiger partial charge on any atom is 0.408 e. The molecule has 0 spiro atoms. The van der Waals surface area contributed by atoms with E-state index in [0.29, 0.717) is 24.1 Å². The third kappa shape index (κ3) is 4.65. The van der Waals surface area contributed by atoms with Crippen molar-refractivity contribution < 1.29 is 19.6 Å². The number of aliphatic hydroxyl groups is 1. The van der Waals surface area contributed by atoms with E-state index in [9.17, 15) is 20.0 Å². The molecular weight excluding hydrogens is 398 g/mol. The van der Waals surface area contributed by atoms with Gasteiger partial charge >= 0.3 is 6.09 Å². The number of carbonyl (C=O) groups is 1. The van der Waals surface area contributed by atoms with Crippen LogP contribution in [0.2, 0.25) is 5.02 Å². The first-order chi connectivity index (χ1) is 13.5. The summed E-state index contributed by atoms with van der Waals surface area (Å²) < 4.78 is 5.35. The topological polar surface area (TPSA) is 115 Å². The molecule has 0 bridgehead atoms. The molecule has 1 aliphatic carbocycles. The Kier molecular flexibility index (Phi) is 5.51. The Labute approximate surface area is 173 Å². The monoisotopic (exact) mass is 419 g/mol. The highest BCUT2D eigenvalue weighted by Crippen LogP contribution is 2.42. The first kappa shape index (κ1) is 21.0. The van der Waals surface area contributed by atoms with Crippen LogP contribution in [0.5, 0.6) is 0 Å². The molecule has 0 atom stereocenters. The van der Waals surface area contributed by atoms with Crippen LogP contribution in [0, 0.1) is 10.1 Å². The molecule has 1 heterocycles. The van der Waals surface area contributed by atoms with Gasteiger partial charge in [-0.05, 0) is 26.3 Å². The summed E-state index contributed by atoms with van der Waals surface area (Å²) in [4.78, 5) is 26.6. The molecule has 8 nitrogen and oxygen atoms in total. The molecule has 1 aromatic heterocycles. The smallest absolute Gasteiger partial charge is 0.408 e. The number of ether oxygens (including phenoxy) is 1. The van der Waals surface area contributed by atoms with Crippen LogP contribution in [0.1, 0.15) is 39.2 Å². The number of aromatic nitrogens is 1. The van der Waals surface area contributed by atoms with Crippen LogP contribution in [0.25, 0.3) is 11.3 Å². The third-order valence-electron chi connectivity index (χ3n) is 4.66. The number of carbonyl (C=O) groups excluding carboxylic acids is 1. The third-order valence-corrected chi connectivity index (χ3v) is 4.95. The number of hydrogen-bond donors (Lipinski definition) is 2. The van der Waals surface area contributed by atoms with Crippen LogP contribution in [0.3, 0.4) is 0 Å². The summed E-state index contributed by atoms with van der Waals surface area (Å²) in [6.45, 7) is 5.35. The predicted octanol–water partition coefficient (Wildman–Crippen LogP) is 4.18. The van der Waals surface area contributed by atoms with Crippen LogP contribution in [0.4, 0.5) is 10.5 Å². The lowest BCUT2D eigenvalue weighted by Crippen LogP contribution is -2.57. The van der Waals surface area contributed by atoms with Crippen molar-refractivity contribution in [3.05, 3.63) is 57.2 Å². The van der Waals surface area contributed by atoms with Gasteiger partial charge in [0, 0.05) is 24.5 Å². The molecule has 0 unspecified atom stereocenters. The standard InChI is InChI=1S/C20H22ClN3O5/c1-19(2,3)29-18(26)23-20(9-15(25)10-20)13-6-4-12(5-7-13)17-16(21)8-14(11-22-17)24(27)28/h4-8,11,15,25H,9-10H2,1-3H3,(H,23,26). The Bertz CT molecular complexity index is 934. The Morgan fingerprint density at radius 1 is 1.34 bits per heavy atom. The summed E-state index contributed by atoms with van der Waals surface area (Å²) in [5, 5.41) is 23.8. The van der Waals surface area contributed by atoms with E-state index in [2.05, 4.69) is 10.3 Å². The van der Waals surface area contributed by atoms with E-state index in [1.54, 1.807) is 32.9 Å². The molecule has 0 saturated heterocycles. The van der Waals surface area contributed by atoms with Crippen LogP contribution in [-0.4, -0.2) is 32.8 Å². The van der Waals surface area contributed by atoms with Gasteiger partial charge in [0.1, 0.15) is 11.8 Å². The van der Waals surface area contributed by atoms with E-state index in [-0.39, 0.29) is 10.7 Å². The largest absolute Gasteiger partial charge is 0.444 e. The number of halogens is 1. The first-order valence-corrected chi connectivity index (χ1v) is 9.47. The molecule has 1 aromatic carbocycles. The van der Waals surface area contributed by atoms with Crippen molar-refractivity contribution in [2.24, 2.45) is 0 Å². The predicted molar refractivity (Wildman–Crippen MR) is 108 cm³/mol. The van der Waals surface area contributed by atoms with Crippen molar-refractivity contribution in [1.82, 2.24) is 10.3 Å². The van der Waals surface area contributed by atoms with E-state index in [0.717, 1.165) is 11.8 Å². The van der Waals surface area contributed by atoms with Crippen molar-refractivity contribution in [3.8, 4) is 11.3 Å². The van der Waals surface area contributed by atoms with Gasteiger partial charge in [-0.25, -0.2) is 9.78 Å². The van der Waals surface area contributed by atoms with Gasteiger partial charge in [0.25, 0.3) is 5.69 Å². The highest BCUT2D eigenvalue weighted by atomic mass is 35.5. The normalized spacial score (nSPS) is 21.2. The average molecular weight is 420 g/mol. The van der Waals surface area contributed by atoms with Gasteiger partial charge in [-0.2, -0.15) is 0 Å². The lowest BCUT2D eigenvalue weighted by atomic mass is 9.69. The Morgan fingerprint density at radius 3 is 2.45 bits per heavy atom. The molecule has 2 aromatic rings. The number of hydrogen-bond acceptors (Lipinski definition) is 6. The molecule has 0 aliphatic heterocycles. The SMILES string of the molecule is CC(C)(C)OC(=O)NC1(c2ccc(-c3ncc([N+](=O)[O-])cc3Cl)cc2)CC(O)C1. The number of benzene rings is 1. The first-order valence-electron chi connectivity index (χ1n) is 9.09. The van der Waals surface area contributed by atoms with Gasteiger partial charge in [-0.15, -0.1) is 0 Å². The van der Waals surface area contributed by atoms with Crippen molar-refractivity contribution >= 4 is 23.4 Å². The quantitative estimate of drug-likeness (QED) is 0.567. The van der Waals surface area contributed by atoms with E-state index >= 15 is 0 Å². The molecule has 1 amide bonds. The lowest BCUT2D eigenvalue weighted by Gasteiger charge is -2.46. The lowest BCUT2D eigenvalue weighted by molar-refractivity contribution is -0.385.